The van der Waals surface area contributed by atoms with Crippen molar-refractivity contribution in [1.29, 1.82) is 0 Å². The van der Waals surface area contributed by atoms with E-state index in [-0.39, 0.29) is 0 Å². The second kappa shape index (κ2) is 5.75. The summed E-state index contributed by atoms with van der Waals surface area (Å²) in [5, 5.41) is 2.33. The second-order valence-corrected chi connectivity index (χ2v) is 6.81. The van der Waals surface area contributed by atoms with Crippen LogP contribution in [-0.2, 0) is 0 Å². The number of rotatable bonds is 4. The fraction of sp³-hybridized carbons (Fsp3) is 0.643. The minimum atomic E-state index is 0.518. The van der Waals surface area contributed by atoms with Gasteiger partial charge < -0.3 is 0 Å². The van der Waals surface area contributed by atoms with Crippen molar-refractivity contribution in [2.24, 2.45) is 5.41 Å². The van der Waals surface area contributed by atoms with Gasteiger partial charge in [-0.3, -0.25) is 0 Å². The second-order valence-electron chi connectivity index (χ2n) is 5.25. The van der Waals surface area contributed by atoms with E-state index in [9.17, 15) is 0 Å². The summed E-state index contributed by atoms with van der Waals surface area (Å²) in [5.74, 6) is 1.20. The lowest BCUT2D eigenvalue weighted by atomic mass is 9.92. The topological polar surface area (TPSA) is 12.9 Å². The minimum Gasteiger partial charge on any atom is -0.247 e. The Labute approximate surface area is 117 Å². The first-order chi connectivity index (χ1) is 8.13. The van der Waals surface area contributed by atoms with Crippen LogP contribution in [0.2, 0.25) is 0 Å². The predicted molar refractivity (Wildman–Crippen MR) is 79.1 cm³/mol. The zero-order chi connectivity index (χ0) is 12.3. The van der Waals surface area contributed by atoms with Gasteiger partial charge in [0.15, 0.2) is 0 Å². The molecule has 1 heterocycles. The van der Waals surface area contributed by atoms with Crippen LogP contribution in [0.5, 0.6) is 0 Å². The molecule has 94 valence electrons. The van der Waals surface area contributed by atoms with Crippen molar-refractivity contribution >= 4 is 27.7 Å². The number of hydrogen-bond acceptors (Lipinski definition) is 2. The summed E-state index contributed by atoms with van der Waals surface area (Å²) in [6.07, 6.45) is 5.53. The highest BCUT2D eigenvalue weighted by Crippen LogP contribution is 2.43. The van der Waals surface area contributed by atoms with Gasteiger partial charge in [-0.25, -0.2) is 4.98 Å². The molecule has 2 rings (SSSR count). The Bertz CT molecular complexity index is 366. The maximum absolute atomic E-state index is 4.61. The molecule has 0 bridgehead atoms. The monoisotopic (exact) mass is 313 g/mol. The van der Waals surface area contributed by atoms with Crippen molar-refractivity contribution < 1.29 is 0 Å². The molecule has 0 saturated heterocycles. The molecule has 0 N–H and O–H groups in total. The van der Waals surface area contributed by atoms with Gasteiger partial charge in [-0.15, -0.1) is 11.8 Å². The van der Waals surface area contributed by atoms with E-state index in [1.165, 1.54) is 42.0 Å². The molecular formula is C14H20BrNS. The summed E-state index contributed by atoms with van der Waals surface area (Å²) in [6, 6.07) is 4.34. The normalized spacial score (nSPS) is 18.5. The summed E-state index contributed by atoms with van der Waals surface area (Å²) in [5.41, 5.74) is 2.97. The van der Waals surface area contributed by atoms with Gasteiger partial charge in [0.25, 0.3) is 0 Å². The molecule has 1 aromatic heterocycles. The summed E-state index contributed by atoms with van der Waals surface area (Å²) in [6.45, 7) is 4.22. The molecule has 0 radical (unpaired) electrons. The largest absolute Gasteiger partial charge is 0.247 e. The maximum atomic E-state index is 4.61. The van der Waals surface area contributed by atoms with Crippen molar-refractivity contribution in [3.05, 3.63) is 23.4 Å². The SMILES string of the molecule is Cc1cc(C)nc(SCC2(CBr)CCCC2)c1. The molecule has 1 nitrogen and oxygen atoms in total. The van der Waals surface area contributed by atoms with Crippen LogP contribution >= 0.6 is 27.7 Å². The van der Waals surface area contributed by atoms with Crippen LogP contribution in [0.15, 0.2) is 17.2 Å². The standard InChI is InChI=1S/C14H20BrNS/c1-11-7-12(2)16-13(8-11)17-10-14(9-15)5-3-4-6-14/h7-8H,3-6,9-10H2,1-2H3. The van der Waals surface area contributed by atoms with E-state index in [0.717, 1.165) is 11.0 Å². The van der Waals surface area contributed by atoms with E-state index in [1.807, 2.05) is 11.8 Å². The van der Waals surface area contributed by atoms with Gasteiger partial charge in [0.1, 0.15) is 0 Å². The van der Waals surface area contributed by atoms with Crippen LogP contribution in [0.4, 0.5) is 0 Å². The molecule has 1 saturated carbocycles. The lowest BCUT2D eigenvalue weighted by Gasteiger charge is -2.25. The molecular weight excluding hydrogens is 294 g/mol. The molecule has 17 heavy (non-hydrogen) atoms. The van der Waals surface area contributed by atoms with Crippen LogP contribution in [0.25, 0.3) is 0 Å². The zero-order valence-electron chi connectivity index (χ0n) is 10.6. The summed E-state index contributed by atoms with van der Waals surface area (Å²) in [7, 11) is 0. The molecule has 0 spiro atoms. The van der Waals surface area contributed by atoms with Gasteiger partial charge in [-0.1, -0.05) is 28.8 Å². The molecule has 0 aliphatic heterocycles. The molecule has 1 aliphatic rings. The predicted octanol–water partition coefficient (Wildman–Crippen LogP) is 4.75. The van der Waals surface area contributed by atoms with Gasteiger partial charge in [0, 0.05) is 16.8 Å². The first-order valence-electron chi connectivity index (χ1n) is 6.28. The number of nitrogens with zero attached hydrogens (tertiary/aromatic N) is 1. The average Bonchev–Trinajstić information content (AvgIpc) is 2.74. The van der Waals surface area contributed by atoms with Crippen molar-refractivity contribution in [2.75, 3.05) is 11.1 Å². The third kappa shape index (κ3) is 3.47. The first kappa shape index (κ1) is 13.4. The smallest absolute Gasteiger partial charge is 0.0965 e. The molecule has 1 aliphatic carbocycles. The average molecular weight is 314 g/mol. The molecule has 0 aromatic carbocycles. The molecule has 0 amide bonds. The molecule has 0 atom stereocenters. The number of thioether (sulfide) groups is 1. The first-order valence-corrected chi connectivity index (χ1v) is 8.38. The zero-order valence-corrected chi connectivity index (χ0v) is 13.0. The number of pyridine rings is 1. The van der Waals surface area contributed by atoms with Crippen molar-refractivity contribution in [3.63, 3.8) is 0 Å². The van der Waals surface area contributed by atoms with Gasteiger partial charge in [0.05, 0.1) is 5.03 Å². The highest BCUT2D eigenvalue weighted by Gasteiger charge is 2.32. The summed E-state index contributed by atoms with van der Waals surface area (Å²) < 4.78 is 0. The fourth-order valence-electron chi connectivity index (χ4n) is 2.55. The van der Waals surface area contributed by atoms with Gasteiger partial charge in [-0.2, -0.15) is 0 Å². The quantitative estimate of drug-likeness (QED) is 0.588. The van der Waals surface area contributed by atoms with E-state index in [2.05, 4.69) is 46.9 Å². The molecule has 1 aromatic rings. The number of aromatic nitrogens is 1. The lowest BCUT2D eigenvalue weighted by molar-refractivity contribution is 0.405. The summed E-state index contributed by atoms with van der Waals surface area (Å²) >= 11 is 5.63. The number of alkyl halides is 1. The number of halogens is 1. The van der Waals surface area contributed by atoms with Crippen LogP contribution in [0.3, 0.4) is 0 Å². The van der Waals surface area contributed by atoms with E-state index in [4.69, 9.17) is 0 Å². The Morgan fingerprint density at radius 1 is 1.29 bits per heavy atom. The number of aryl methyl sites for hydroxylation is 2. The maximum Gasteiger partial charge on any atom is 0.0965 e. The molecule has 0 unspecified atom stereocenters. The highest BCUT2D eigenvalue weighted by molar-refractivity contribution is 9.09. The minimum absolute atomic E-state index is 0.518. The van der Waals surface area contributed by atoms with Gasteiger partial charge in [-0.05, 0) is 49.8 Å². The van der Waals surface area contributed by atoms with E-state index in [0.29, 0.717) is 5.41 Å². The highest BCUT2D eigenvalue weighted by atomic mass is 79.9. The fourth-order valence-corrected chi connectivity index (χ4v) is 4.89. The molecule has 1 fully saturated rings. The van der Waals surface area contributed by atoms with Crippen LogP contribution < -0.4 is 0 Å². The molecule has 3 heteroatoms. The third-order valence-corrected chi connectivity index (χ3v) is 6.00. The van der Waals surface area contributed by atoms with E-state index < -0.39 is 0 Å². The Hall–Kier alpha value is -0.0200. The number of hydrogen-bond donors (Lipinski definition) is 0. The lowest BCUT2D eigenvalue weighted by Crippen LogP contribution is -2.21. The Balaban J connectivity index is 2.01. The van der Waals surface area contributed by atoms with Crippen LogP contribution in [-0.4, -0.2) is 16.1 Å². The van der Waals surface area contributed by atoms with Gasteiger partial charge >= 0.3 is 0 Å². The Morgan fingerprint density at radius 2 is 2.00 bits per heavy atom. The van der Waals surface area contributed by atoms with Crippen molar-refractivity contribution in [1.82, 2.24) is 4.98 Å². The Morgan fingerprint density at radius 3 is 2.59 bits per heavy atom. The Kier molecular flexibility index (Phi) is 4.53. The van der Waals surface area contributed by atoms with Crippen molar-refractivity contribution in [3.8, 4) is 0 Å². The van der Waals surface area contributed by atoms with E-state index >= 15 is 0 Å². The van der Waals surface area contributed by atoms with Gasteiger partial charge in [0.2, 0.25) is 0 Å². The third-order valence-electron chi connectivity index (χ3n) is 3.55. The van der Waals surface area contributed by atoms with Crippen LogP contribution in [0, 0.1) is 19.3 Å². The van der Waals surface area contributed by atoms with Crippen LogP contribution in [0.1, 0.15) is 36.9 Å². The summed E-state index contributed by atoms with van der Waals surface area (Å²) in [4.78, 5) is 4.61. The van der Waals surface area contributed by atoms with E-state index in [1.54, 1.807) is 0 Å². The van der Waals surface area contributed by atoms with Crippen molar-refractivity contribution in [2.45, 2.75) is 44.6 Å².